The maximum absolute atomic E-state index is 12.8. The topological polar surface area (TPSA) is 92.6 Å². The smallest absolute Gasteiger partial charge is 0.262 e. The van der Waals surface area contributed by atoms with Crippen molar-refractivity contribution in [2.24, 2.45) is 5.92 Å². The molecule has 1 aromatic carbocycles. The van der Waals surface area contributed by atoms with Crippen LogP contribution < -0.4 is 5.56 Å². The summed E-state index contributed by atoms with van der Waals surface area (Å²) in [6.45, 7) is 4.92. The second kappa shape index (κ2) is 7.78. The number of nitrogens with zero attached hydrogens (tertiary/aromatic N) is 6. The van der Waals surface area contributed by atoms with E-state index in [0.717, 1.165) is 55.0 Å². The molecule has 0 spiro atoms. The minimum Gasteiger partial charge on any atom is -0.310 e. The number of likely N-dealkylation sites (tertiary alicyclic amines) is 1. The summed E-state index contributed by atoms with van der Waals surface area (Å²) < 4.78 is 1.99. The lowest BCUT2D eigenvalue weighted by Crippen LogP contribution is -2.21. The van der Waals surface area contributed by atoms with Crippen molar-refractivity contribution in [1.29, 1.82) is 0 Å². The normalized spacial score (nSPS) is 22.4. The summed E-state index contributed by atoms with van der Waals surface area (Å²) in [5.41, 5.74) is 3.73. The molecule has 2 fully saturated rings. The Morgan fingerprint density at radius 1 is 1.09 bits per heavy atom. The number of aromatic nitrogens is 6. The molecule has 2 atom stereocenters. The second-order valence-corrected chi connectivity index (χ2v) is 9.37. The summed E-state index contributed by atoms with van der Waals surface area (Å²) in [4.78, 5) is 32.1. The number of benzene rings is 1. The average molecular weight is 430 g/mol. The number of nitrogens with one attached hydrogen (secondary N) is 1. The summed E-state index contributed by atoms with van der Waals surface area (Å²) >= 11 is 0. The molecular weight excluding hydrogens is 402 g/mol. The number of fused-ring (bicyclic) bond motifs is 2. The molecule has 3 aromatic heterocycles. The van der Waals surface area contributed by atoms with Crippen LogP contribution in [0.2, 0.25) is 0 Å². The van der Waals surface area contributed by atoms with Gasteiger partial charge in [-0.2, -0.15) is 5.10 Å². The van der Waals surface area contributed by atoms with Gasteiger partial charge >= 0.3 is 0 Å². The molecule has 0 radical (unpaired) electrons. The minimum atomic E-state index is -0.0759. The number of aromatic amines is 1. The molecule has 2 unspecified atom stereocenters. The van der Waals surface area contributed by atoms with Crippen LogP contribution in [0, 0.1) is 5.92 Å². The molecule has 1 aliphatic carbocycles. The van der Waals surface area contributed by atoms with E-state index in [9.17, 15) is 4.79 Å². The van der Waals surface area contributed by atoms with Gasteiger partial charge in [-0.3, -0.25) is 19.7 Å². The van der Waals surface area contributed by atoms with Gasteiger partial charge in [0.2, 0.25) is 0 Å². The van der Waals surface area contributed by atoms with Gasteiger partial charge in [-0.25, -0.2) is 9.67 Å². The zero-order valence-electron chi connectivity index (χ0n) is 18.2. The van der Waals surface area contributed by atoms with E-state index < -0.39 is 0 Å². The summed E-state index contributed by atoms with van der Waals surface area (Å²) in [5.74, 6) is 1.39. The van der Waals surface area contributed by atoms with Gasteiger partial charge in [0.05, 0.1) is 23.3 Å². The molecule has 8 heteroatoms. The standard InChI is InChI=1S/C24H27N7O/c1-15-12-30(13-16-6-7-20-21(10-16)26-9-8-25-20)14-19(15)22-28-23-18(24(32)29-22)11-27-31(23)17-4-2-3-5-17/h6-11,15,17,19H,2-5,12-14H2,1H3,(H,28,29,32). The Bertz CT molecular complexity index is 1340. The SMILES string of the molecule is CC1CN(Cc2ccc3nccnc3c2)CC1c1nc2c(cnn2C2CCCC2)c(=O)[nH]1. The van der Waals surface area contributed by atoms with Crippen molar-refractivity contribution >= 4 is 22.1 Å². The molecule has 0 amide bonds. The summed E-state index contributed by atoms with van der Waals surface area (Å²) in [6, 6.07) is 6.64. The molecule has 4 aromatic rings. The third kappa shape index (κ3) is 3.39. The van der Waals surface area contributed by atoms with Crippen LogP contribution in [-0.4, -0.2) is 47.7 Å². The van der Waals surface area contributed by atoms with E-state index in [2.05, 4.69) is 44.0 Å². The van der Waals surface area contributed by atoms with Gasteiger partial charge in [0.1, 0.15) is 11.2 Å². The first-order chi connectivity index (χ1) is 15.7. The summed E-state index contributed by atoms with van der Waals surface area (Å²) in [6.07, 6.45) is 9.80. The molecule has 0 bridgehead atoms. The van der Waals surface area contributed by atoms with E-state index in [0.29, 0.717) is 17.3 Å². The van der Waals surface area contributed by atoms with E-state index in [4.69, 9.17) is 4.98 Å². The van der Waals surface area contributed by atoms with Crippen LogP contribution in [0.3, 0.4) is 0 Å². The van der Waals surface area contributed by atoms with Gasteiger partial charge in [0.15, 0.2) is 5.65 Å². The van der Waals surface area contributed by atoms with Gasteiger partial charge in [-0.05, 0) is 36.5 Å². The highest BCUT2D eigenvalue weighted by atomic mass is 16.1. The Morgan fingerprint density at radius 2 is 1.91 bits per heavy atom. The first-order valence-corrected chi connectivity index (χ1v) is 11.5. The predicted octanol–water partition coefficient (Wildman–Crippen LogP) is 3.41. The third-order valence-corrected chi connectivity index (χ3v) is 7.13. The van der Waals surface area contributed by atoms with Crippen LogP contribution in [0.4, 0.5) is 0 Å². The Morgan fingerprint density at radius 3 is 2.75 bits per heavy atom. The van der Waals surface area contributed by atoms with Crippen LogP contribution in [-0.2, 0) is 6.54 Å². The van der Waals surface area contributed by atoms with Gasteiger partial charge in [0, 0.05) is 37.9 Å². The van der Waals surface area contributed by atoms with E-state index in [1.807, 2.05) is 10.7 Å². The molecule has 32 heavy (non-hydrogen) atoms. The zero-order chi connectivity index (χ0) is 21.7. The van der Waals surface area contributed by atoms with E-state index in [-0.39, 0.29) is 11.5 Å². The third-order valence-electron chi connectivity index (χ3n) is 7.13. The van der Waals surface area contributed by atoms with Crippen LogP contribution in [0.5, 0.6) is 0 Å². The maximum atomic E-state index is 12.8. The monoisotopic (exact) mass is 429 g/mol. The minimum absolute atomic E-state index is 0.0759. The molecule has 1 aliphatic heterocycles. The molecule has 1 N–H and O–H groups in total. The number of H-pyrrole nitrogens is 1. The molecule has 6 rings (SSSR count). The van der Waals surface area contributed by atoms with Gasteiger partial charge in [-0.1, -0.05) is 25.8 Å². The zero-order valence-corrected chi connectivity index (χ0v) is 18.2. The molecule has 164 valence electrons. The van der Waals surface area contributed by atoms with Gasteiger partial charge < -0.3 is 4.98 Å². The van der Waals surface area contributed by atoms with Crippen molar-refractivity contribution in [3.05, 3.63) is 58.5 Å². The first kappa shape index (κ1) is 19.5. The largest absolute Gasteiger partial charge is 0.310 e. The van der Waals surface area contributed by atoms with Crippen molar-refractivity contribution in [2.75, 3.05) is 13.1 Å². The summed E-state index contributed by atoms with van der Waals surface area (Å²) in [5, 5.41) is 5.13. The molecule has 8 nitrogen and oxygen atoms in total. The fourth-order valence-corrected chi connectivity index (χ4v) is 5.46. The summed E-state index contributed by atoms with van der Waals surface area (Å²) in [7, 11) is 0. The highest BCUT2D eigenvalue weighted by Crippen LogP contribution is 2.33. The maximum Gasteiger partial charge on any atom is 0.262 e. The molecule has 4 heterocycles. The number of hydrogen-bond acceptors (Lipinski definition) is 6. The van der Waals surface area contributed by atoms with Crippen molar-refractivity contribution < 1.29 is 0 Å². The number of rotatable bonds is 4. The van der Waals surface area contributed by atoms with E-state index in [1.165, 1.54) is 18.4 Å². The average Bonchev–Trinajstić information content (AvgIpc) is 3.53. The highest BCUT2D eigenvalue weighted by Gasteiger charge is 2.33. The lowest BCUT2D eigenvalue weighted by molar-refractivity contribution is 0.318. The Hall–Kier alpha value is -3.13. The molecular formula is C24H27N7O. The molecule has 1 saturated heterocycles. The predicted molar refractivity (Wildman–Crippen MR) is 122 cm³/mol. The van der Waals surface area contributed by atoms with Crippen molar-refractivity contribution in [2.45, 2.75) is 51.1 Å². The van der Waals surface area contributed by atoms with Gasteiger partial charge in [-0.15, -0.1) is 0 Å². The molecule has 2 aliphatic rings. The second-order valence-electron chi connectivity index (χ2n) is 9.37. The van der Waals surface area contributed by atoms with Crippen LogP contribution in [0.25, 0.3) is 22.1 Å². The highest BCUT2D eigenvalue weighted by molar-refractivity contribution is 5.74. The van der Waals surface area contributed by atoms with E-state index in [1.54, 1.807) is 18.6 Å². The lowest BCUT2D eigenvalue weighted by Gasteiger charge is -2.16. The van der Waals surface area contributed by atoms with E-state index >= 15 is 0 Å². The Balaban J connectivity index is 1.27. The quantitative estimate of drug-likeness (QED) is 0.534. The van der Waals surface area contributed by atoms with Crippen LogP contribution >= 0.6 is 0 Å². The Labute approximate surface area is 185 Å². The van der Waals surface area contributed by atoms with Crippen molar-refractivity contribution in [1.82, 2.24) is 34.6 Å². The van der Waals surface area contributed by atoms with Gasteiger partial charge in [0.25, 0.3) is 5.56 Å². The fraction of sp³-hybridized carbons (Fsp3) is 0.458. The molecule has 1 saturated carbocycles. The van der Waals surface area contributed by atoms with Crippen LogP contribution in [0.1, 0.15) is 56.0 Å². The Kier molecular flexibility index (Phi) is 4.75. The number of hydrogen-bond donors (Lipinski definition) is 1. The lowest BCUT2D eigenvalue weighted by atomic mass is 9.97. The van der Waals surface area contributed by atoms with Crippen molar-refractivity contribution in [3.63, 3.8) is 0 Å². The van der Waals surface area contributed by atoms with Crippen molar-refractivity contribution in [3.8, 4) is 0 Å². The fourth-order valence-electron chi connectivity index (χ4n) is 5.46. The van der Waals surface area contributed by atoms with Crippen LogP contribution in [0.15, 0.2) is 41.6 Å². The first-order valence-electron chi connectivity index (χ1n) is 11.5.